The van der Waals surface area contributed by atoms with Crippen molar-refractivity contribution in [2.24, 2.45) is 16.8 Å². The molecule has 12 nitrogen and oxygen atoms in total. The van der Waals surface area contributed by atoms with Crippen molar-refractivity contribution >= 4 is 24.2 Å². The second-order valence-corrected chi connectivity index (χ2v) is 5.85. The van der Waals surface area contributed by atoms with Crippen LogP contribution in [-0.4, -0.2) is 37.7 Å². The van der Waals surface area contributed by atoms with E-state index in [0.717, 1.165) is 29.2 Å². The van der Waals surface area contributed by atoms with E-state index in [-0.39, 0.29) is 62.4 Å². The van der Waals surface area contributed by atoms with Crippen LogP contribution < -0.4 is 41.2 Å². The van der Waals surface area contributed by atoms with Crippen LogP contribution in [0.15, 0.2) is 41.6 Å². The first-order valence-electron chi connectivity index (χ1n) is 8.77. The molecule has 0 aromatic heterocycles. The number of aliphatic hydroxyl groups is 2. The van der Waals surface area contributed by atoms with Crippen molar-refractivity contribution in [3.05, 3.63) is 69.8 Å². The Morgan fingerprint density at radius 2 is 1.56 bits per heavy atom. The van der Waals surface area contributed by atoms with Crippen molar-refractivity contribution in [2.75, 3.05) is 0 Å². The first kappa shape index (κ1) is 39.0. The summed E-state index contributed by atoms with van der Waals surface area (Å²) in [6, 6.07) is 12.5. The van der Waals surface area contributed by atoms with Gasteiger partial charge in [0.05, 0.1) is 24.8 Å². The Balaban J connectivity index is -0.000000125. The third kappa shape index (κ3) is 16.4. The van der Waals surface area contributed by atoms with Crippen molar-refractivity contribution < 1.29 is 71.6 Å². The standard InChI is InChI=1S/C9H12N2O2.C9H9NO.C2H4O4.ClH.H3NO.Na.H/c1-6-4-7(9(10)11-13)2-3-8(6)5-12;1-7-4-8(5-10)2-3-9(7)6-11;1-2(3)5-6-4;;1-2;;/h2-4,12-13H,5H2,1H3,(H2,10,11);2-4,11H,6H2,1H3;4H,1H3;1H;2H,1H2;;/q;;;;;+1;-1. The number of nitrogens with two attached hydrogens (primary N) is 2. The number of rotatable bonds is 4. The van der Waals surface area contributed by atoms with Gasteiger partial charge in [0.2, 0.25) is 0 Å². The molecule has 0 bridgehead atoms. The largest absolute Gasteiger partial charge is 1.00 e. The molecule has 0 atom stereocenters. The maximum absolute atomic E-state index is 9.54. The Morgan fingerprint density at radius 1 is 1.09 bits per heavy atom. The van der Waals surface area contributed by atoms with E-state index in [0.29, 0.717) is 11.1 Å². The molecule has 14 heteroatoms. The zero-order valence-corrected chi connectivity index (χ0v) is 22.1. The van der Waals surface area contributed by atoms with Gasteiger partial charge in [-0.25, -0.2) is 15.9 Å². The number of aliphatic hydroxyl groups excluding tert-OH is 2. The van der Waals surface area contributed by atoms with Gasteiger partial charge in [-0.05, 0) is 59.3 Å². The Kier molecular flexibility index (Phi) is 27.3. The van der Waals surface area contributed by atoms with Gasteiger partial charge in [-0.15, -0.1) is 12.4 Å². The molecule has 0 unspecified atom stereocenters. The first-order valence-corrected chi connectivity index (χ1v) is 8.77. The van der Waals surface area contributed by atoms with Crippen molar-refractivity contribution in [3.8, 4) is 6.07 Å². The maximum Gasteiger partial charge on any atom is 1.00 e. The molecule has 186 valence electrons. The molecular formula is C20H30ClN4NaO8. The SMILES string of the molecule is CC(=O)OOO.Cc1cc(/C(N)=N/O)ccc1CO.Cc1cc(C#N)ccc1CO.Cl.NO.[H-].[Na+]. The number of benzene rings is 2. The summed E-state index contributed by atoms with van der Waals surface area (Å²) in [7, 11) is 0. The average molecular weight is 513 g/mol. The zero-order chi connectivity index (χ0) is 25.1. The van der Waals surface area contributed by atoms with Crippen LogP contribution in [-0.2, 0) is 27.9 Å². The summed E-state index contributed by atoms with van der Waals surface area (Å²) in [4.78, 5) is 13.0. The molecule has 0 saturated heterocycles. The Bertz CT molecular complexity index is 917. The van der Waals surface area contributed by atoms with Crippen molar-refractivity contribution in [1.82, 2.24) is 0 Å². The van der Waals surface area contributed by atoms with Crippen LogP contribution in [0.1, 0.15) is 41.7 Å². The van der Waals surface area contributed by atoms with E-state index in [4.69, 9.17) is 36.9 Å². The number of hydrogen-bond donors (Lipinski definition) is 7. The Morgan fingerprint density at radius 3 is 1.85 bits per heavy atom. The van der Waals surface area contributed by atoms with Crippen molar-refractivity contribution in [2.45, 2.75) is 34.0 Å². The number of carbonyl (C=O) groups excluding carboxylic acids is 1. The normalized spacial score (nSPS) is 8.97. The fraction of sp³-hybridized carbons (Fsp3) is 0.250. The summed E-state index contributed by atoms with van der Waals surface area (Å²) in [6.07, 6.45) is 0. The molecule has 0 radical (unpaired) electrons. The van der Waals surface area contributed by atoms with Gasteiger partial charge in [0.15, 0.2) is 5.84 Å². The zero-order valence-electron chi connectivity index (χ0n) is 20.3. The minimum atomic E-state index is -0.683. The quantitative estimate of drug-likeness (QED) is 0.0640. The van der Waals surface area contributed by atoms with Crippen LogP contribution in [0.2, 0.25) is 0 Å². The first-order chi connectivity index (χ1) is 15.2. The van der Waals surface area contributed by atoms with E-state index < -0.39 is 5.97 Å². The topological polar surface area (TPSA) is 225 Å². The Labute approximate surface area is 227 Å². The summed E-state index contributed by atoms with van der Waals surface area (Å²) in [5, 5.41) is 54.3. The van der Waals surface area contributed by atoms with Gasteiger partial charge in [-0.2, -0.15) is 5.26 Å². The van der Waals surface area contributed by atoms with E-state index in [1.807, 2.05) is 19.9 Å². The van der Waals surface area contributed by atoms with Gasteiger partial charge in [0, 0.05) is 12.5 Å². The molecular weight excluding hydrogens is 483 g/mol. The molecule has 0 saturated carbocycles. The van der Waals surface area contributed by atoms with Crippen molar-refractivity contribution in [3.63, 3.8) is 0 Å². The summed E-state index contributed by atoms with van der Waals surface area (Å²) < 4.78 is 0. The number of hydrogen-bond acceptors (Lipinski definition) is 11. The van der Waals surface area contributed by atoms with Gasteiger partial charge in [-0.3, -0.25) is 4.89 Å². The molecule has 0 amide bonds. The summed E-state index contributed by atoms with van der Waals surface area (Å²) in [6.45, 7) is 4.89. The van der Waals surface area contributed by atoms with Gasteiger partial charge in [-0.1, -0.05) is 23.4 Å². The number of aryl methyl sites for hydroxylation is 2. The number of nitriles is 1. The molecule has 9 N–H and O–H groups in total. The number of oxime groups is 1. The number of halogens is 1. The van der Waals surface area contributed by atoms with Gasteiger partial charge >= 0.3 is 35.5 Å². The minimum Gasteiger partial charge on any atom is -1.00 e. The number of carbonyl (C=O) groups is 1. The van der Waals surface area contributed by atoms with Crippen LogP contribution in [0, 0.1) is 25.2 Å². The molecule has 0 aliphatic carbocycles. The molecule has 2 rings (SSSR count). The van der Waals surface area contributed by atoms with Crippen LogP contribution in [0.5, 0.6) is 0 Å². The van der Waals surface area contributed by atoms with Gasteiger partial charge in [0.1, 0.15) is 0 Å². The number of nitrogens with zero attached hydrogens (tertiary/aromatic N) is 2. The van der Waals surface area contributed by atoms with E-state index in [1.165, 1.54) is 0 Å². The fourth-order valence-electron chi connectivity index (χ4n) is 2.09. The molecule has 0 spiro atoms. The fourth-order valence-corrected chi connectivity index (χ4v) is 2.09. The Hall–Kier alpha value is -2.28. The van der Waals surface area contributed by atoms with E-state index in [1.54, 1.807) is 36.4 Å². The summed E-state index contributed by atoms with van der Waals surface area (Å²) >= 11 is 0. The summed E-state index contributed by atoms with van der Waals surface area (Å²) in [5.41, 5.74) is 10.3. The second kappa shape index (κ2) is 23.9. The summed E-state index contributed by atoms with van der Waals surface area (Å²) in [5.74, 6) is 2.89. The third-order valence-electron chi connectivity index (χ3n) is 3.71. The second-order valence-electron chi connectivity index (χ2n) is 5.85. The van der Waals surface area contributed by atoms with Crippen LogP contribution in [0.4, 0.5) is 0 Å². The van der Waals surface area contributed by atoms with Gasteiger partial charge in [0.25, 0.3) is 0 Å². The van der Waals surface area contributed by atoms with E-state index in [9.17, 15) is 4.79 Å². The molecule has 0 heterocycles. The van der Waals surface area contributed by atoms with Crippen molar-refractivity contribution in [1.29, 1.82) is 5.26 Å². The molecule has 0 aliphatic rings. The molecule has 2 aromatic carbocycles. The van der Waals surface area contributed by atoms with Crippen LogP contribution in [0.25, 0.3) is 0 Å². The maximum atomic E-state index is 9.54. The predicted molar refractivity (Wildman–Crippen MR) is 121 cm³/mol. The minimum absolute atomic E-state index is 0. The predicted octanol–water partition coefficient (Wildman–Crippen LogP) is -1.23. The molecule has 0 aliphatic heterocycles. The van der Waals surface area contributed by atoms with E-state index in [2.05, 4.69) is 21.0 Å². The number of amidine groups is 1. The van der Waals surface area contributed by atoms with Gasteiger partial charge < -0.3 is 27.8 Å². The molecule has 34 heavy (non-hydrogen) atoms. The van der Waals surface area contributed by atoms with E-state index >= 15 is 0 Å². The van der Waals surface area contributed by atoms with Crippen LogP contribution in [0.3, 0.4) is 0 Å². The molecule has 0 fully saturated rings. The monoisotopic (exact) mass is 512 g/mol. The van der Waals surface area contributed by atoms with Crippen LogP contribution >= 0.6 is 12.4 Å². The third-order valence-corrected chi connectivity index (χ3v) is 3.71. The smallest absolute Gasteiger partial charge is 1.00 e. The average Bonchev–Trinajstić information content (AvgIpc) is 2.80. The molecule has 2 aromatic rings.